The number of carbonyl (C=O) groups is 2. The van der Waals surface area contributed by atoms with Crippen molar-refractivity contribution in [3.05, 3.63) is 0 Å². The van der Waals surface area contributed by atoms with E-state index in [2.05, 4.69) is 26.3 Å². The van der Waals surface area contributed by atoms with Gasteiger partial charge in [0.15, 0.2) is 6.19 Å². The Balaban J connectivity index is 3.47. The molecule has 0 aliphatic heterocycles. The van der Waals surface area contributed by atoms with E-state index in [1.54, 1.807) is 6.19 Å². The van der Waals surface area contributed by atoms with E-state index in [-0.39, 0.29) is 5.96 Å². The van der Waals surface area contributed by atoms with Crippen molar-refractivity contribution in [2.75, 3.05) is 26.2 Å². The minimum Gasteiger partial charge on any atom is -0.369 e. The third-order valence-electron chi connectivity index (χ3n) is 3.48. The highest BCUT2D eigenvalue weighted by Gasteiger charge is 2.05. The molecule has 0 spiro atoms. The zero-order valence-corrected chi connectivity index (χ0v) is 15.4. The van der Waals surface area contributed by atoms with Crippen LogP contribution in [0.4, 0.5) is 9.59 Å². The second kappa shape index (κ2) is 17.3. The molecule has 0 saturated carbocycles. The molecule has 0 unspecified atom stereocenters. The molecule has 0 aromatic heterocycles. The summed E-state index contributed by atoms with van der Waals surface area (Å²) < 4.78 is 0. The van der Waals surface area contributed by atoms with Crippen LogP contribution in [0.2, 0.25) is 0 Å². The summed E-state index contributed by atoms with van der Waals surface area (Å²) in [5, 5.41) is 18.1. The van der Waals surface area contributed by atoms with E-state index in [0.29, 0.717) is 26.2 Å². The van der Waals surface area contributed by atoms with Gasteiger partial charge in [0.05, 0.1) is 0 Å². The van der Waals surface area contributed by atoms with Crippen LogP contribution in [-0.4, -0.2) is 44.2 Å². The highest BCUT2D eigenvalue weighted by molar-refractivity contribution is 5.93. The number of urea groups is 2. The lowest BCUT2D eigenvalue weighted by Crippen LogP contribution is -2.45. The first-order valence-electron chi connectivity index (χ1n) is 9.08. The molecular formula is C16H32N8O2. The topological polar surface area (TPSA) is 170 Å². The number of carbonyl (C=O) groups excluding carboxylic acids is 2. The summed E-state index contributed by atoms with van der Waals surface area (Å²) in [6, 6.07) is -0.978. The van der Waals surface area contributed by atoms with Gasteiger partial charge in [-0.2, -0.15) is 5.26 Å². The second-order valence-corrected chi connectivity index (χ2v) is 5.76. The third kappa shape index (κ3) is 16.3. The molecule has 0 aromatic carbocycles. The van der Waals surface area contributed by atoms with Crippen LogP contribution < -0.4 is 32.7 Å². The van der Waals surface area contributed by atoms with Crippen molar-refractivity contribution in [2.45, 2.75) is 51.4 Å². The highest BCUT2D eigenvalue weighted by Crippen LogP contribution is 1.99. The summed E-state index contributed by atoms with van der Waals surface area (Å²) in [7, 11) is 0. The average Bonchev–Trinajstić information content (AvgIpc) is 2.60. The number of nitrogens with one attached hydrogen (secondary N) is 4. The molecule has 0 radical (unpaired) electrons. The summed E-state index contributed by atoms with van der Waals surface area (Å²) in [5.74, 6) is 0.125. The molecule has 0 atom stereocenters. The quantitative estimate of drug-likeness (QED) is 0.0906. The Bertz CT molecular complexity index is 462. The van der Waals surface area contributed by atoms with E-state index in [9.17, 15) is 9.59 Å². The number of amides is 4. The van der Waals surface area contributed by atoms with Gasteiger partial charge in [0.1, 0.15) is 0 Å². The van der Waals surface area contributed by atoms with E-state index >= 15 is 0 Å². The largest absolute Gasteiger partial charge is 0.369 e. The van der Waals surface area contributed by atoms with E-state index < -0.39 is 12.1 Å². The standard InChI is InChI=1S/C16H32N8O2/c17-9-5-1-2-7-11-21-15(25)24-16(26)22-12-8-4-3-6-10-20-14(19)23-13-18/h1-12,17H2,(H3,19,20,23)(H3,21,22,24,25,26). The summed E-state index contributed by atoms with van der Waals surface area (Å²) >= 11 is 0. The van der Waals surface area contributed by atoms with Crippen molar-refractivity contribution in [1.29, 1.82) is 5.26 Å². The molecule has 0 heterocycles. The number of imide groups is 1. The number of hydrogen-bond donors (Lipinski definition) is 6. The fourth-order valence-electron chi connectivity index (χ4n) is 2.10. The highest BCUT2D eigenvalue weighted by atomic mass is 16.2. The van der Waals surface area contributed by atoms with E-state index in [4.69, 9.17) is 16.7 Å². The normalized spacial score (nSPS) is 10.7. The van der Waals surface area contributed by atoms with E-state index in [0.717, 1.165) is 51.4 Å². The molecule has 0 bridgehead atoms. The Morgan fingerprint density at radius 2 is 1.42 bits per heavy atom. The van der Waals surface area contributed by atoms with Crippen molar-refractivity contribution < 1.29 is 9.59 Å². The molecule has 0 saturated heterocycles. The van der Waals surface area contributed by atoms with Gasteiger partial charge in [0, 0.05) is 19.6 Å². The van der Waals surface area contributed by atoms with Gasteiger partial charge in [-0.1, -0.05) is 25.7 Å². The van der Waals surface area contributed by atoms with Crippen molar-refractivity contribution >= 4 is 18.0 Å². The lowest BCUT2D eigenvalue weighted by atomic mass is 10.2. The molecule has 10 nitrogen and oxygen atoms in total. The molecule has 8 N–H and O–H groups in total. The van der Waals surface area contributed by atoms with Crippen molar-refractivity contribution in [2.24, 2.45) is 16.5 Å². The van der Waals surface area contributed by atoms with Crippen LogP contribution >= 0.6 is 0 Å². The maximum Gasteiger partial charge on any atom is 0.322 e. The Kier molecular flexibility index (Phi) is 15.6. The lowest BCUT2D eigenvalue weighted by molar-refractivity contribution is 0.227. The van der Waals surface area contributed by atoms with Crippen molar-refractivity contribution in [3.8, 4) is 6.19 Å². The van der Waals surface area contributed by atoms with Crippen LogP contribution in [0.3, 0.4) is 0 Å². The van der Waals surface area contributed by atoms with E-state index in [1.807, 2.05) is 0 Å². The number of nitrogens with zero attached hydrogens (tertiary/aromatic N) is 2. The van der Waals surface area contributed by atoms with Crippen molar-refractivity contribution in [1.82, 2.24) is 21.3 Å². The number of unbranched alkanes of at least 4 members (excludes halogenated alkanes) is 6. The second-order valence-electron chi connectivity index (χ2n) is 5.76. The Morgan fingerprint density at radius 3 is 1.96 bits per heavy atom. The first-order chi connectivity index (χ1) is 12.6. The number of nitrogens with two attached hydrogens (primary N) is 2. The molecule has 148 valence electrons. The Labute approximate surface area is 155 Å². The van der Waals surface area contributed by atoms with Crippen LogP contribution in [0.25, 0.3) is 0 Å². The minimum atomic E-state index is -0.495. The first kappa shape index (κ1) is 23.5. The van der Waals surface area contributed by atoms with Gasteiger partial charge in [-0.05, 0) is 32.2 Å². The average molecular weight is 368 g/mol. The molecule has 10 heteroatoms. The summed E-state index contributed by atoms with van der Waals surface area (Å²) in [5.41, 5.74) is 10.8. The van der Waals surface area contributed by atoms with Gasteiger partial charge in [-0.25, -0.2) is 9.59 Å². The number of hydrogen-bond acceptors (Lipinski definition) is 5. The third-order valence-corrected chi connectivity index (χ3v) is 3.48. The van der Waals surface area contributed by atoms with Crippen LogP contribution in [0.5, 0.6) is 0 Å². The maximum absolute atomic E-state index is 11.5. The smallest absolute Gasteiger partial charge is 0.322 e. The summed E-state index contributed by atoms with van der Waals surface area (Å²) in [6.07, 6.45) is 9.16. The molecule has 0 aliphatic rings. The maximum atomic E-state index is 11.5. The van der Waals surface area contributed by atoms with Gasteiger partial charge in [0.2, 0.25) is 5.96 Å². The fourth-order valence-corrected chi connectivity index (χ4v) is 2.10. The van der Waals surface area contributed by atoms with Gasteiger partial charge in [0.25, 0.3) is 0 Å². The molecule has 0 aromatic rings. The predicted molar refractivity (Wildman–Crippen MR) is 101 cm³/mol. The van der Waals surface area contributed by atoms with Gasteiger partial charge < -0.3 is 22.1 Å². The summed E-state index contributed by atoms with van der Waals surface area (Å²) in [4.78, 5) is 27.0. The minimum absolute atomic E-state index is 0.125. The number of nitriles is 1. The predicted octanol–water partition coefficient (Wildman–Crippen LogP) is 0.460. The SMILES string of the molecule is N#CNC(N)=NCCCCCCNC(=O)NC(=O)NCCCCCCN. The number of guanidine groups is 1. The van der Waals surface area contributed by atoms with E-state index in [1.165, 1.54) is 0 Å². The van der Waals surface area contributed by atoms with Gasteiger partial charge in [-0.15, -0.1) is 0 Å². The van der Waals surface area contributed by atoms with Gasteiger partial charge >= 0.3 is 12.1 Å². The number of aliphatic imine (C=N–C) groups is 1. The zero-order chi connectivity index (χ0) is 19.5. The monoisotopic (exact) mass is 368 g/mol. The molecular weight excluding hydrogens is 336 g/mol. The molecule has 0 fully saturated rings. The van der Waals surface area contributed by atoms with Crippen molar-refractivity contribution in [3.63, 3.8) is 0 Å². The van der Waals surface area contributed by atoms with Gasteiger partial charge in [-0.3, -0.25) is 15.6 Å². The van der Waals surface area contributed by atoms with Crippen LogP contribution in [0.1, 0.15) is 51.4 Å². The lowest BCUT2D eigenvalue weighted by Gasteiger charge is -2.08. The fraction of sp³-hybridized carbons (Fsp3) is 0.750. The molecule has 4 amide bonds. The number of rotatable bonds is 13. The molecule has 26 heavy (non-hydrogen) atoms. The van der Waals surface area contributed by atoms with Crippen LogP contribution in [-0.2, 0) is 0 Å². The van der Waals surface area contributed by atoms with Crippen LogP contribution in [0.15, 0.2) is 4.99 Å². The first-order valence-corrected chi connectivity index (χ1v) is 9.08. The Morgan fingerprint density at radius 1 is 0.885 bits per heavy atom. The zero-order valence-electron chi connectivity index (χ0n) is 15.4. The summed E-state index contributed by atoms with van der Waals surface area (Å²) in [6.45, 7) is 2.29. The molecule has 0 aliphatic carbocycles. The van der Waals surface area contributed by atoms with Crippen LogP contribution in [0, 0.1) is 11.5 Å². The Hall–Kier alpha value is -2.54. The molecule has 0 rings (SSSR count).